The lowest BCUT2D eigenvalue weighted by molar-refractivity contribution is 0.293. The number of nitrogens with zero attached hydrogens (tertiary/aromatic N) is 1. The van der Waals surface area contributed by atoms with Gasteiger partial charge < -0.3 is 5.11 Å². The Kier molecular flexibility index (Phi) is 3.07. The summed E-state index contributed by atoms with van der Waals surface area (Å²) in [5.74, 6) is 0.610. The van der Waals surface area contributed by atoms with E-state index in [1.54, 1.807) is 0 Å². The van der Waals surface area contributed by atoms with E-state index in [0.29, 0.717) is 5.76 Å². The van der Waals surface area contributed by atoms with Crippen molar-refractivity contribution in [1.82, 2.24) is 4.90 Å². The highest BCUT2D eigenvalue weighted by Crippen LogP contribution is 2.22. The minimum absolute atomic E-state index is 0.272. The Bertz CT molecular complexity index is 334. The van der Waals surface area contributed by atoms with Crippen LogP contribution in [0.4, 0.5) is 0 Å². The Labute approximate surface area is 90.8 Å². The highest BCUT2D eigenvalue weighted by atomic mass is 16.3. The molecule has 2 heteroatoms. The van der Waals surface area contributed by atoms with Crippen LogP contribution < -0.4 is 0 Å². The number of likely N-dealkylation sites (tertiary alicyclic amines) is 1. The van der Waals surface area contributed by atoms with E-state index in [2.05, 4.69) is 35.7 Å². The van der Waals surface area contributed by atoms with Crippen LogP contribution >= 0.6 is 0 Å². The monoisotopic (exact) mass is 203 g/mol. The van der Waals surface area contributed by atoms with Gasteiger partial charge in [-0.3, -0.25) is 4.90 Å². The van der Waals surface area contributed by atoms with Crippen LogP contribution in [0.25, 0.3) is 0 Å². The summed E-state index contributed by atoms with van der Waals surface area (Å²) in [6.07, 6.45) is 1.03. The third-order valence-corrected chi connectivity index (χ3v) is 2.99. The largest absolute Gasteiger partial charge is 0.513 e. The third-order valence-electron chi connectivity index (χ3n) is 2.99. The van der Waals surface area contributed by atoms with Crippen LogP contribution in [0.2, 0.25) is 0 Å². The van der Waals surface area contributed by atoms with E-state index in [4.69, 9.17) is 0 Å². The molecule has 1 N–H and O–H groups in total. The maximum atomic E-state index is 9.31. The lowest BCUT2D eigenvalue weighted by atomic mass is 10.1. The summed E-state index contributed by atoms with van der Waals surface area (Å²) < 4.78 is 0. The molecular formula is C13H17NO. The molecule has 2 rings (SSSR count). The first-order chi connectivity index (χ1) is 7.25. The molecule has 0 saturated carbocycles. The van der Waals surface area contributed by atoms with Crippen molar-refractivity contribution < 1.29 is 5.11 Å². The number of hydrogen-bond acceptors (Lipinski definition) is 2. The Balaban J connectivity index is 1.90. The van der Waals surface area contributed by atoms with Crippen LogP contribution in [-0.4, -0.2) is 23.1 Å². The average molecular weight is 203 g/mol. The number of aliphatic hydroxyl groups is 1. The molecule has 2 nitrogen and oxygen atoms in total. The van der Waals surface area contributed by atoms with Gasteiger partial charge in [0, 0.05) is 19.0 Å². The van der Waals surface area contributed by atoms with Crippen molar-refractivity contribution in [1.29, 1.82) is 0 Å². The average Bonchev–Trinajstić information content (AvgIpc) is 2.68. The van der Waals surface area contributed by atoms with Crippen molar-refractivity contribution >= 4 is 0 Å². The summed E-state index contributed by atoms with van der Waals surface area (Å²) in [6.45, 7) is 6.57. The van der Waals surface area contributed by atoms with Crippen molar-refractivity contribution in [2.24, 2.45) is 5.92 Å². The molecule has 1 aromatic carbocycles. The molecule has 1 unspecified atom stereocenters. The van der Waals surface area contributed by atoms with E-state index in [0.717, 1.165) is 26.1 Å². The third kappa shape index (κ3) is 2.60. The Morgan fingerprint density at radius 1 is 1.40 bits per heavy atom. The van der Waals surface area contributed by atoms with E-state index in [1.807, 2.05) is 6.07 Å². The summed E-state index contributed by atoms with van der Waals surface area (Å²) in [5, 5.41) is 9.31. The molecule has 1 aliphatic rings. The molecule has 15 heavy (non-hydrogen) atoms. The molecule has 80 valence electrons. The first-order valence-corrected chi connectivity index (χ1v) is 5.40. The van der Waals surface area contributed by atoms with E-state index >= 15 is 0 Å². The maximum absolute atomic E-state index is 9.31. The highest BCUT2D eigenvalue weighted by Gasteiger charge is 2.24. The highest BCUT2D eigenvalue weighted by molar-refractivity contribution is 5.14. The molecule has 1 atom stereocenters. The van der Waals surface area contributed by atoms with Gasteiger partial charge in [-0.15, -0.1) is 0 Å². The molecule has 0 aromatic heterocycles. The van der Waals surface area contributed by atoms with Gasteiger partial charge in [-0.05, 0) is 18.5 Å². The Morgan fingerprint density at radius 2 is 2.13 bits per heavy atom. The fraction of sp³-hybridized carbons (Fsp3) is 0.385. The van der Waals surface area contributed by atoms with E-state index in [1.165, 1.54) is 5.56 Å². The number of benzene rings is 1. The van der Waals surface area contributed by atoms with Gasteiger partial charge in [-0.25, -0.2) is 0 Å². The summed E-state index contributed by atoms with van der Waals surface area (Å²) in [4.78, 5) is 2.36. The zero-order valence-corrected chi connectivity index (χ0v) is 8.89. The molecule has 1 heterocycles. The van der Waals surface area contributed by atoms with E-state index in [9.17, 15) is 5.11 Å². The minimum atomic E-state index is 0.272. The SMILES string of the molecule is C=C(O)C1CCN(Cc2ccccc2)C1. The first kappa shape index (κ1) is 10.2. The van der Waals surface area contributed by atoms with Gasteiger partial charge in [0.2, 0.25) is 0 Å². The Morgan fingerprint density at radius 3 is 2.73 bits per heavy atom. The smallest absolute Gasteiger partial charge is 0.0895 e. The zero-order valence-electron chi connectivity index (χ0n) is 8.89. The van der Waals surface area contributed by atoms with Gasteiger partial charge in [0.25, 0.3) is 0 Å². The van der Waals surface area contributed by atoms with Crippen LogP contribution in [0.15, 0.2) is 42.7 Å². The molecule has 1 aliphatic heterocycles. The topological polar surface area (TPSA) is 23.5 Å². The van der Waals surface area contributed by atoms with Gasteiger partial charge >= 0.3 is 0 Å². The van der Waals surface area contributed by atoms with Crippen molar-refractivity contribution in [3.63, 3.8) is 0 Å². The fourth-order valence-corrected chi connectivity index (χ4v) is 2.09. The van der Waals surface area contributed by atoms with Gasteiger partial charge in [-0.2, -0.15) is 0 Å². The maximum Gasteiger partial charge on any atom is 0.0895 e. The number of aliphatic hydroxyl groups excluding tert-OH is 1. The van der Waals surface area contributed by atoms with Gasteiger partial charge in [0.15, 0.2) is 0 Å². The molecule has 0 bridgehead atoms. The molecule has 0 spiro atoms. The van der Waals surface area contributed by atoms with Crippen molar-refractivity contribution in [3.05, 3.63) is 48.2 Å². The van der Waals surface area contributed by atoms with Crippen LogP contribution in [0.5, 0.6) is 0 Å². The lowest BCUT2D eigenvalue weighted by Crippen LogP contribution is -2.20. The molecule has 1 saturated heterocycles. The molecule has 0 radical (unpaired) electrons. The molecule has 0 amide bonds. The number of rotatable bonds is 3. The van der Waals surface area contributed by atoms with Crippen LogP contribution in [0, 0.1) is 5.92 Å². The van der Waals surface area contributed by atoms with Crippen molar-refractivity contribution in [3.8, 4) is 0 Å². The summed E-state index contributed by atoms with van der Waals surface area (Å²) in [6, 6.07) is 10.4. The first-order valence-electron chi connectivity index (χ1n) is 5.40. The Hall–Kier alpha value is -1.28. The summed E-state index contributed by atoms with van der Waals surface area (Å²) in [7, 11) is 0. The van der Waals surface area contributed by atoms with Crippen molar-refractivity contribution in [2.75, 3.05) is 13.1 Å². The zero-order chi connectivity index (χ0) is 10.7. The minimum Gasteiger partial charge on any atom is -0.513 e. The molecular weight excluding hydrogens is 186 g/mol. The number of hydrogen-bond donors (Lipinski definition) is 1. The van der Waals surface area contributed by atoms with E-state index in [-0.39, 0.29) is 5.92 Å². The molecule has 1 aromatic rings. The van der Waals surface area contributed by atoms with Gasteiger partial charge in [0.05, 0.1) is 5.76 Å². The molecule has 1 fully saturated rings. The van der Waals surface area contributed by atoms with Gasteiger partial charge in [-0.1, -0.05) is 36.9 Å². The second kappa shape index (κ2) is 4.49. The van der Waals surface area contributed by atoms with E-state index < -0.39 is 0 Å². The predicted molar refractivity (Wildman–Crippen MR) is 61.6 cm³/mol. The van der Waals surface area contributed by atoms with Gasteiger partial charge in [0.1, 0.15) is 0 Å². The summed E-state index contributed by atoms with van der Waals surface area (Å²) >= 11 is 0. The second-order valence-electron chi connectivity index (χ2n) is 4.20. The van der Waals surface area contributed by atoms with Crippen LogP contribution in [-0.2, 0) is 6.54 Å². The van der Waals surface area contributed by atoms with Crippen molar-refractivity contribution in [2.45, 2.75) is 13.0 Å². The lowest BCUT2D eigenvalue weighted by Gasteiger charge is -2.15. The quantitative estimate of drug-likeness (QED) is 0.763. The summed E-state index contributed by atoms with van der Waals surface area (Å²) in [5.41, 5.74) is 1.33. The second-order valence-corrected chi connectivity index (χ2v) is 4.20. The van der Waals surface area contributed by atoms with Crippen LogP contribution in [0.1, 0.15) is 12.0 Å². The standard InChI is InChI=1S/C13H17NO/c1-11(15)13-7-8-14(10-13)9-12-5-3-2-4-6-12/h2-6,13,15H,1,7-10H2. The van der Waals surface area contributed by atoms with Crippen LogP contribution in [0.3, 0.4) is 0 Å². The fourth-order valence-electron chi connectivity index (χ4n) is 2.09. The predicted octanol–water partition coefficient (Wildman–Crippen LogP) is 2.58. The normalized spacial score (nSPS) is 21.7. The molecule has 0 aliphatic carbocycles.